The normalized spacial score (nSPS) is 10.2. The number of hydrogen-bond acceptors (Lipinski definition) is 5. The van der Waals surface area contributed by atoms with Gasteiger partial charge in [-0.05, 0) is 54.6 Å². The zero-order valence-corrected chi connectivity index (χ0v) is 15.6. The fraction of sp³-hybridized carbons (Fsp3) is 0.100. The van der Waals surface area contributed by atoms with Crippen molar-refractivity contribution in [3.05, 3.63) is 71.4 Å². The maximum Gasteiger partial charge on any atom is 0.255 e. The molecule has 138 valence electrons. The van der Waals surface area contributed by atoms with Crippen molar-refractivity contribution < 1.29 is 14.3 Å². The van der Waals surface area contributed by atoms with Crippen molar-refractivity contribution in [2.24, 2.45) is 0 Å². The molecule has 0 fully saturated rings. The molecule has 0 bridgehead atoms. The SMILES string of the molecule is COc1ccc(NC(=O)c2ccnc(Nc3ccc(OC)c(Cl)c3)c2)cc1. The molecule has 27 heavy (non-hydrogen) atoms. The lowest BCUT2D eigenvalue weighted by atomic mass is 10.2. The van der Waals surface area contributed by atoms with Gasteiger partial charge >= 0.3 is 0 Å². The summed E-state index contributed by atoms with van der Waals surface area (Å²) in [5, 5.41) is 6.44. The van der Waals surface area contributed by atoms with Crippen molar-refractivity contribution in [1.29, 1.82) is 0 Å². The monoisotopic (exact) mass is 383 g/mol. The summed E-state index contributed by atoms with van der Waals surface area (Å²) in [6.45, 7) is 0. The zero-order valence-electron chi connectivity index (χ0n) is 14.8. The number of halogens is 1. The van der Waals surface area contributed by atoms with Crippen molar-refractivity contribution in [1.82, 2.24) is 4.98 Å². The third-order valence-electron chi connectivity index (χ3n) is 3.79. The minimum atomic E-state index is -0.238. The third kappa shape index (κ3) is 4.68. The summed E-state index contributed by atoms with van der Waals surface area (Å²) >= 11 is 6.13. The van der Waals surface area contributed by atoms with Gasteiger partial charge in [-0.15, -0.1) is 0 Å². The molecule has 0 spiro atoms. The van der Waals surface area contributed by atoms with Gasteiger partial charge in [-0.1, -0.05) is 11.6 Å². The van der Waals surface area contributed by atoms with Gasteiger partial charge in [0.15, 0.2) is 0 Å². The molecule has 6 nitrogen and oxygen atoms in total. The molecule has 0 unspecified atom stereocenters. The van der Waals surface area contributed by atoms with Crippen LogP contribution in [0.25, 0.3) is 0 Å². The number of anilines is 3. The van der Waals surface area contributed by atoms with Crippen LogP contribution in [0, 0.1) is 0 Å². The first kappa shape index (κ1) is 18.5. The van der Waals surface area contributed by atoms with E-state index < -0.39 is 0 Å². The average Bonchev–Trinajstić information content (AvgIpc) is 2.69. The Balaban J connectivity index is 1.72. The first-order valence-corrected chi connectivity index (χ1v) is 8.49. The van der Waals surface area contributed by atoms with Gasteiger partial charge in [-0.3, -0.25) is 4.79 Å². The quantitative estimate of drug-likeness (QED) is 0.642. The highest BCUT2D eigenvalue weighted by Crippen LogP contribution is 2.28. The smallest absolute Gasteiger partial charge is 0.255 e. The highest BCUT2D eigenvalue weighted by atomic mass is 35.5. The standard InChI is InChI=1S/C20H18ClN3O3/c1-26-16-6-3-14(4-7-16)24-20(25)13-9-10-22-19(11-13)23-15-5-8-18(27-2)17(21)12-15/h3-12H,1-2H3,(H,22,23)(H,24,25). The van der Waals surface area contributed by atoms with Crippen molar-refractivity contribution in [3.8, 4) is 11.5 Å². The summed E-state index contributed by atoms with van der Waals surface area (Å²) in [6, 6.07) is 15.7. The maximum absolute atomic E-state index is 12.5. The molecule has 0 radical (unpaired) electrons. The first-order valence-electron chi connectivity index (χ1n) is 8.11. The summed E-state index contributed by atoms with van der Waals surface area (Å²) < 4.78 is 10.2. The summed E-state index contributed by atoms with van der Waals surface area (Å²) in [4.78, 5) is 16.7. The second kappa shape index (κ2) is 8.42. The first-order chi connectivity index (χ1) is 13.1. The van der Waals surface area contributed by atoms with Crippen molar-refractivity contribution in [3.63, 3.8) is 0 Å². The summed E-state index contributed by atoms with van der Waals surface area (Å²) in [5.74, 6) is 1.60. The van der Waals surface area contributed by atoms with E-state index in [-0.39, 0.29) is 5.91 Å². The van der Waals surface area contributed by atoms with E-state index in [1.807, 2.05) is 6.07 Å². The number of hydrogen-bond donors (Lipinski definition) is 2. The van der Waals surface area contributed by atoms with Gasteiger partial charge in [-0.2, -0.15) is 0 Å². The Bertz CT molecular complexity index is 945. The molecule has 0 aliphatic carbocycles. The number of nitrogens with zero attached hydrogens (tertiary/aromatic N) is 1. The maximum atomic E-state index is 12.5. The van der Waals surface area contributed by atoms with Crippen LogP contribution in [0.5, 0.6) is 11.5 Å². The van der Waals surface area contributed by atoms with Gasteiger partial charge in [0.05, 0.1) is 19.2 Å². The molecular weight excluding hydrogens is 366 g/mol. The second-order valence-corrected chi connectivity index (χ2v) is 5.99. The predicted molar refractivity (Wildman–Crippen MR) is 106 cm³/mol. The molecule has 1 amide bonds. The Morgan fingerprint density at radius 1 is 0.963 bits per heavy atom. The van der Waals surface area contributed by atoms with E-state index in [9.17, 15) is 4.79 Å². The number of methoxy groups -OCH3 is 2. The van der Waals surface area contributed by atoms with E-state index >= 15 is 0 Å². The van der Waals surface area contributed by atoms with Crippen molar-refractivity contribution in [2.75, 3.05) is 24.9 Å². The molecule has 7 heteroatoms. The topological polar surface area (TPSA) is 72.5 Å². The Labute approximate surface area is 162 Å². The summed E-state index contributed by atoms with van der Waals surface area (Å²) in [7, 11) is 3.15. The van der Waals surface area contributed by atoms with Gasteiger partial charge in [0.25, 0.3) is 5.91 Å². The van der Waals surface area contributed by atoms with E-state index in [0.29, 0.717) is 27.8 Å². The van der Waals surface area contributed by atoms with E-state index in [4.69, 9.17) is 21.1 Å². The molecule has 0 saturated heterocycles. The largest absolute Gasteiger partial charge is 0.497 e. The van der Waals surface area contributed by atoms with E-state index in [0.717, 1.165) is 11.4 Å². The minimum absolute atomic E-state index is 0.238. The molecule has 0 aliphatic rings. The van der Waals surface area contributed by atoms with Crippen LogP contribution in [0.4, 0.5) is 17.2 Å². The van der Waals surface area contributed by atoms with Crippen LogP contribution >= 0.6 is 11.6 Å². The fourth-order valence-electron chi connectivity index (χ4n) is 2.41. The number of carbonyl (C=O) groups excluding carboxylic acids is 1. The highest BCUT2D eigenvalue weighted by molar-refractivity contribution is 6.32. The van der Waals surface area contributed by atoms with E-state index in [1.54, 1.807) is 68.9 Å². The lowest BCUT2D eigenvalue weighted by Crippen LogP contribution is -2.12. The molecule has 1 aromatic heterocycles. The van der Waals surface area contributed by atoms with Gasteiger partial charge < -0.3 is 20.1 Å². The number of pyridine rings is 1. The Kier molecular flexibility index (Phi) is 5.78. The number of nitrogens with one attached hydrogen (secondary N) is 2. The van der Waals surface area contributed by atoms with Crippen LogP contribution in [0.15, 0.2) is 60.8 Å². The van der Waals surface area contributed by atoms with Gasteiger partial charge in [0, 0.05) is 23.1 Å². The number of amides is 1. The van der Waals surface area contributed by atoms with Crippen LogP contribution in [0.2, 0.25) is 5.02 Å². The Hall–Kier alpha value is -3.25. The Morgan fingerprint density at radius 3 is 2.37 bits per heavy atom. The van der Waals surface area contributed by atoms with Crippen LogP contribution < -0.4 is 20.1 Å². The predicted octanol–water partition coefficient (Wildman–Crippen LogP) is 4.75. The van der Waals surface area contributed by atoms with Gasteiger partial charge in [0.1, 0.15) is 17.3 Å². The second-order valence-electron chi connectivity index (χ2n) is 5.59. The number of ether oxygens (including phenoxy) is 2. The molecule has 3 rings (SSSR count). The third-order valence-corrected chi connectivity index (χ3v) is 4.09. The van der Waals surface area contributed by atoms with Gasteiger partial charge in [0.2, 0.25) is 0 Å². The number of rotatable bonds is 6. The molecule has 2 N–H and O–H groups in total. The molecule has 1 heterocycles. The van der Waals surface area contributed by atoms with Gasteiger partial charge in [-0.25, -0.2) is 4.98 Å². The molecule has 0 atom stereocenters. The molecule has 0 saturated carbocycles. The van der Waals surface area contributed by atoms with Crippen LogP contribution in [0.1, 0.15) is 10.4 Å². The number of aromatic nitrogens is 1. The van der Waals surface area contributed by atoms with Crippen LogP contribution in [0.3, 0.4) is 0 Å². The molecule has 3 aromatic rings. The van der Waals surface area contributed by atoms with Crippen LogP contribution in [-0.2, 0) is 0 Å². The molecule has 0 aliphatic heterocycles. The number of benzene rings is 2. The highest BCUT2D eigenvalue weighted by Gasteiger charge is 2.09. The zero-order chi connectivity index (χ0) is 19.2. The lowest BCUT2D eigenvalue weighted by Gasteiger charge is -2.10. The molecule has 2 aromatic carbocycles. The summed E-state index contributed by atoms with van der Waals surface area (Å²) in [5.41, 5.74) is 1.89. The van der Waals surface area contributed by atoms with E-state index in [2.05, 4.69) is 15.6 Å². The lowest BCUT2D eigenvalue weighted by molar-refractivity contribution is 0.102. The van der Waals surface area contributed by atoms with E-state index in [1.165, 1.54) is 0 Å². The fourth-order valence-corrected chi connectivity index (χ4v) is 2.67. The summed E-state index contributed by atoms with van der Waals surface area (Å²) in [6.07, 6.45) is 1.57. The number of carbonyl (C=O) groups is 1. The van der Waals surface area contributed by atoms with Crippen molar-refractivity contribution >= 4 is 34.7 Å². The van der Waals surface area contributed by atoms with Crippen molar-refractivity contribution in [2.45, 2.75) is 0 Å². The average molecular weight is 384 g/mol. The Morgan fingerprint density at radius 2 is 1.70 bits per heavy atom. The minimum Gasteiger partial charge on any atom is -0.497 e. The molecular formula is C20H18ClN3O3. The van der Waals surface area contributed by atoms with Crippen LogP contribution in [-0.4, -0.2) is 25.1 Å².